The van der Waals surface area contributed by atoms with Gasteiger partial charge in [-0.15, -0.1) is 5.10 Å². The normalized spacial score (nSPS) is 29.5. The Hall–Kier alpha value is -2.65. The number of benzene rings is 1. The van der Waals surface area contributed by atoms with E-state index >= 15 is 0 Å². The second kappa shape index (κ2) is 9.67. The van der Waals surface area contributed by atoms with Crippen LogP contribution in [0.5, 0.6) is 5.75 Å². The predicted molar refractivity (Wildman–Crippen MR) is 135 cm³/mol. The molecule has 2 N–H and O–H groups in total. The zero-order valence-corrected chi connectivity index (χ0v) is 21.3. The molecule has 4 atom stereocenters. The first-order chi connectivity index (χ1) is 17.5. The molecule has 5 heterocycles. The number of methoxy groups -OCH3 is 1. The molecule has 1 aromatic carbocycles. The van der Waals surface area contributed by atoms with Crippen LogP contribution in [0.4, 0.5) is 5.69 Å². The number of carbonyl (C=O) groups excluding carboxylic acids is 1. The standard InChI is InChI=1S/C27H38N6O3/c1-36-24-7-3-2-6-23(24)30-12-14-31(15-13-30)26(34)22-18-32-11-8-20(22)16-21(32)17-33-19-25(28-29-33)27(35)9-4-5-10-27/h2-3,6-7,19-22,35H,4-5,8-18H2,1H3/p+1/t20-,21+,22-/m0/s1. The number of nitrogens with zero attached hydrogens (tertiary/aromatic N) is 5. The zero-order chi connectivity index (χ0) is 24.7. The van der Waals surface area contributed by atoms with Crippen LogP contribution in [-0.2, 0) is 16.9 Å². The van der Waals surface area contributed by atoms with E-state index in [-0.39, 0.29) is 5.92 Å². The lowest BCUT2D eigenvalue weighted by Crippen LogP contribution is -3.20. The Morgan fingerprint density at radius 2 is 1.97 bits per heavy atom. The van der Waals surface area contributed by atoms with E-state index in [2.05, 4.69) is 26.2 Å². The van der Waals surface area contributed by atoms with Gasteiger partial charge in [0.2, 0.25) is 5.91 Å². The average Bonchev–Trinajstić information content (AvgIpc) is 3.59. The number of anilines is 1. The summed E-state index contributed by atoms with van der Waals surface area (Å²) in [6, 6.07) is 8.59. The first-order valence-corrected chi connectivity index (χ1v) is 13.7. The van der Waals surface area contributed by atoms with Crippen LogP contribution in [0.3, 0.4) is 0 Å². The molecule has 1 unspecified atom stereocenters. The molecule has 7 rings (SSSR count). The third-order valence-corrected chi connectivity index (χ3v) is 9.24. The predicted octanol–water partition coefficient (Wildman–Crippen LogP) is 0.690. The summed E-state index contributed by atoms with van der Waals surface area (Å²) in [7, 11) is 1.71. The summed E-state index contributed by atoms with van der Waals surface area (Å²) in [5.74, 6) is 1.82. The van der Waals surface area contributed by atoms with Gasteiger partial charge in [-0.2, -0.15) is 0 Å². The van der Waals surface area contributed by atoms with Gasteiger partial charge >= 0.3 is 0 Å². The summed E-state index contributed by atoms with van der Waals surface area (Å²) in [6.07, 6.45) is 7.82. The highest BCUT2D eigenvalue weighted by Crippen LogP contribution is 2.37. The Kier molecular flexibility index (Phi) is 6.37. The highest BCUT2D eigenvalue weighted by molar-refractivity contribution is 5.80. The lowest BCUT2D eigenvalue weighted by molar-refractivity contribution is -0.945. The van der Waals surface area contributed by atoms with Crippen molar-refractivity contribution in [1.82, 2.24) is 19.9 Å². The van der Waals surface area contributed by atoms with E-state index in [1.54, 1.807) is 7.11 Å². The number of piperazine rings is 1. The van der Waals surface area contributed by atoms with E-state index in [1.807, 2.05) is 29.1 Å². The number of hydrogen-bond acceptors (Lipinski definition) is 6. The molecule has 36 heavy (non-hydrogen) atoms. The van der Waals surface area contributed by atoms with Crippen LogP contribution in [0.25, 0.3) is 0 Å². The Morgan fingerprint density at radius 3 is 2.69 bits per heavy atom. The highest BCUT2D eigenvalue weighted by Gasteiger charge is 2.48. The maximum atomic E-state index is 13.6. The van der Waals surface area contributed by atoms with Crippen molar-refractivity contribution in [3.8, 4) is 5.75 Å². The Bertz CT molecular complexity index is 1070. The van der Waals surface area contributed by atoms with E-state index < -0.39 is 5.60 Å². The van der Waals surface area contributed by atoms with Crippen LogP contribution in [-0.4, -0.2) is 83.3 Å². The van der Waals surface area contributed by atoms with Crippen molar-refractivity contribution in [1.29, 1.82) is 0 Å². The molecule has 4 aliphatic heterocycles. The molecule has 9 nitrogen and oxygen atoms in total. The second-order valence-corrected chi connectivity index (χ2v) is 11.2. The number of rotatable bonds is 6. The molecule has 5 aliphatic rings. The quantitative estimate of drug-likeness (QED) is 0.613. The van der Waals surface area contributed by atoms with Crippen LogP contribution in [0, 0.1) is 11.8 Å². The second-order valence-electron chi connectivity index (χ2n) is 11.2. The summed E-state index contributed by atoms with van der Waals surface area (Å²) in [5, 5.41) is 19.5. The van der Waals surface area contributed by atoms with Crippen molar-refractivity contribution in [3.63, 3.8) is 0 Å². The van der Waals surface area contributed by atoms with Crippen molar-refractivity contribution in [2.45, 2.75) is 56.7 Å². The lowest BCUT2D eigenvalue weighted by Gasteiger charge is -2.47. The SMILES string of the molecule is COc1ccccc1N1CCN(C(=O)[C@H]2C[NH+]3CC[C@H]2C[C@@H]3Cn2cc(C3(O)CCCC3)nn2)CC1. The number of amides is 1. The van der Waals surface area contributed by atoms with Gasteiger partial charge in [-0.05, 0) is 30.9 Å². The molecule has 2 aromatic rings. The summed E-state index contributed by atoms with van der Waals surface area (Å²) < 4.78 is 7.47. The number of nitrogens with one attached hydrogen (secondary N) is 1. The molecule has 5 fully saturated rings. The smallest absolute Gasteiger partial charge is 0.231 e. The van der Waals surface area contributed by atoms with Gasteiger partial charge in [-0.3, -0.25) is 4.79 Å². The molecule has 0 spiro atoms. The number of ether oxygens (including phenoxy) is 1. The Morgan fingerprint density at radius 1 is 1.19 bits per heavy atom. The first kappa shape index (κ1) is 23.7. The van der Waals surface area contributed by atoms with Crippen LogP contribution in [0.1, 0.15) is 44.2 Å². The number of para-hydroxylation sites is 2. The monoisotopic (exact) mass is 495 g/mol. The Balaban J connectivity index is 1.05. The van der Waals surface area contributed by atoms with Crippen molar-refractivity contribution in [2.24, 2.45) is 11.8 Å². The molecule has 1 aromatic heterocycles. The number of carbonyl (C=O) groups is 1. The number of piperidine rings is 3. The molecule has 9 heteroatoms. The first-order valence-electron chi connectivity index (χ1n) is 13.7. The van der Waals surface area contributed by atoms with Gasteiger partial charge < -0.3 is 24.5 Å². The maximum Gasteiger partial charge on any atom is 0.231 e. The summed E-state index contributed by atoms with van der Waals surface area (Å²) in [4.78, 5) is 19.5. The van der Waals surface area contributed by atoms with Crippen molar-refractivity contribution in [3.05, 3.63) is 36.2 Å². The lowest BCUT2D eigenvalue weighted by atomic mass is 9.75. The molecular formula is C27H39N6O3+. The van der Waals surface area contributed by atoms with Crippen molar-refractivity contribution < 1.29 is 19.5 Å². The van der Waals surface area contributed by atoms with Crippen LogP contribution < -0.4 is 14.5 Å². The third-order valence-electron chi connectivity index (χ3n) is 9.24. The number of hydrogen-bond donors (Lipinski definition) is 2. The topological polar surface area (TPSA) is 88.2 Å². The fourth-order valence-electron chi connectivity index (χ4n) is 7.14. The third kappa shape index (κ3) is 4.36. The highest BCUT2D eigenvalue weighted by atomic mass is 16.5. The Labute approximate surface area is 213 Å². The van der Waals surface area contributed by atoms with Gasteiger partial charge in [0.1, 0.15) is 23.1 Å². The largest absolute Gasteiger partial charge is 0.495 e. The summed E-state index contributed by atoms with van der Waals surface area (Å²) in [5.41, 5.74) is 1.05. The van der Waals surface area contributed by atoms with Gasteiger partial charge in [-0.25, -0.2) is 4.68 Å². The molecule has 1 saturated carbocycles. The van der Waals surface area contributed by atoms with Crippen LogP contribution in [0.2, 0.25) is 0 Å². The van der Waals surface area contributed by atoms with E-state index in [1.165, 1.54) is 4.90 Å². The summed E-state index contributed by atoms with van der Waals surface area (Å²) >= 11 is 0. The van der Waals surface area contributed by atoms with E-state index in [4.69, 9.17) is 4.74 Å². The fraction of sp³-hybridized carbons (Fsp3) is 0.667. The van der Waals surface area contributed by atoms with Crippen molar-refractivity contribution >= 4 is 11.6 Å². The van der Waals surface area contributed by atoms with Gasteiger partial charge in [-0.1, -0.05) is 30.2 Å². The van der Waals surface area contributed by atoms with E-state index in [0.29, 0.717) is 17.9 Å². The van der Waals surface area contributed by atoms with Gasteiger partial charge in [0.05, 0.1) is 44.5 Å². The fourth-order valence-corrected chi connectivity index (χ4v) is 7.14. The van der Waals surface area contributed by atoms with Crippen LogP contribution in [0.15, 0.2) is 30.5 Å². The van der Waals surface area contributed by atoms with Gasteiger partial charge in [0.25, 0.3) is 0 Å². The number of aliphatic hydroxyl groups is 1. The summed E-state index contributed by atoms with van der Waals surface area (Å²) in [6.45, 7) is 6.08. The average molecular weight is 496 g/mol. The van der Waals surface area contributed by atoms with Gasteiger partial charge in [0, 0.05) is 39.0 Å². The molecule has 4 saturated heterocycles. The van der Waals surface area contributed by atoms with Crippen molar-refractivity contribution in [2.75, 3.05) is 51.3 Å². The number of quaternary nitrogens is 1. The van der Waals surface area contributed by atoms with E-state index in [9.17, 15) is 9.90 Å². The minimum Gasteiger partial charge on any atom is -0.495 e. The molecule has 1 amide bonds. The zero-order valence-electron chi connectivity index (χ0n) is 21.3. The molecule has 2 bridgehead atoms. The van der Waals surface area contributed by atoms with Crippen LogP contribution >= 0.6 is 0 Å². The molecule has 1 aliphatic carbocycles. The maximum absolute atomic E-state index is 13.6. The molecular weight excluding hydrogens is 456 g/mol. The van der Waals surface area contributed by atoms with E-state index in [0.717, 1.165) is 101 Å². The number of fused-ring (bicyclic) bond motifs is 3. The molecule has 194 valence electrons. The molecule has 0 radical (unpaired) electrons. The number of aromatic nitrogens is 3. The van der Waals surface area contributed by atoms with Gasteiger partial charge in [0.15, 0.2) is 0 Å². The minimum absolute atomic E-state index is 0.133. The minimum atomic E-state index is -0.788.